The first kappa shape index (κ1) is 93.2. The number of rotatable bonds is 48. The van der Waals surface area contributed by atoms with Gasteiger partial charge in [-0.05, 0) is 116 Å². The second-order valence-electron chi connectivity index (χ2n) is 27.5. The van der Waals surface area contributed by atoms with E-state index in [1.165, 1.54) is 0 Å². The summed E-state index contributed by atoms with van der Waals surface area (Å²) in [5.41, 5.74) is 22.4. The molecule has 0 bridgehead atoms. The number of carbonyl (C=O) groups is 15. The average molecular weight is 1540 g/mol. The number of benzene rings is 1. The summed E-state index contributed by atoms with van der Waals surface area (Å²) < 4.78 is 5.43. The predicted molar refractivity (Wildman–Crippen MR) is 391 cm³/mol. The standard InChI is InChI=1S/C67H110N16O21S2/c1-34(2)29-42(76-56(93)43(30-38-17-11-10-12-18-38)77-58(95)45(32-105)79-57(94)44(31-49(88)89)78-61(98)50(69)35(3)4)55(92)80-46(33-106-28-27-104-65(103)67(7,8)9)59(96)75-41(20-15-25-72-66(70)71)63(100)83-26-16-21-47(83)60(97)81-51(36(5)84)62(99)74-40(22-23-48(86)87)53(90)73-39(19-13-14-24-68)54(91)82-52(37(6)85)64(101)102/h10-12,17-18,34-37,39-47,50-52,84-85,105H,13-16,19-33,68-69H2,1-9H3,(H,73,90)(H,74,99)(H,75,96)(H,76,93)(H,77,95)(H,78,98)(H,79,94)(H,80,92)(H,81,97)(H,82,91)(H,86,87)(H,88,89)(H,101,102)(H4,70,71,72)/t36-,37-,39+,40+,41+,42+,43+,44+,45+,46+,47+,50+,51+,52+/m1/s1. The van der Waals surface area contributed by atoms with Gasteiger partial charge in [0.15, 0.2) is 12.0 Å². The summed E-state index contributed by atoms with van der Waals surface area (Å²) in [4.78, 5) is 209. The number of nitrogens with zero attached hydrogens (tertiary/aromatic N) is 2. The van der Waals surface area contributed by atoms with Crippen LogP contribution in [0.3, 0.4) is 0 Å². The number of thioether (sulfide) groups is 1. The molecule has 1 aromatic rings. The molecule has 23 N–H and O–H groups in total. The van der Waals surface area contributed by atoms with Crippen LogP contribution in [-0.4, -0.2) is 253 Å². The summed E-state index contributed by atoms with van der Waals surface area (Å²) in [5.74, 6) is -17.6. The Labute approximate surface area is 625 Å². The number of carboxylic acids is 3. The van der Waals surface area contributed by atoms with Crippen LogP contribution in [0.4, 0.5) is 0 Å². The van der Waals surface area contributed by atoms with Gasteiger partial charge in [0.25, 0.3) is 0 Å². The number of carboxylic acid groups (broad SMARTS) is 3. The molecule has 106 heavy (non-hydrogen) atoms. The number of guanidine groups is 1. The maximum absolute atomic E-state index is 15.0. The molecule has 2 rings (SSSR count). The van der Waals surface area contributed by atoms with Crippen molar-refractivity contribution >= 4 is 119 Å². The highest BCUT2D eigenvalue weighted by Crippen LogP contribution is 2.22. The molecule has 1 saturated heterocycles. The van der Waals surface area contributed by atoms with Crippen molar-refractivity contribution in [2.45, 2.75) is 224 Å². The summed E-state index contributed by atoms with van der Waals surface area (Å²) >= 11 is 5.29. The summed E-state index contributed by atoms with van der Waals surface area (Å²) in [6.45, 7) is 13.7. The lowest BCUT2D eigenvalue weighted by atomic mass is 9.97. The minimum Gasteiger partial charge on any atom is -0.481 e. The fraction of sp³-hybridized carbons (Fsp3) is 0.672. The van der Waals surface area contributed by atoms with Crippen LogP contribution in [0.2, 0.25) is 0 Å². The molecule has 11 amide bonds. The van der Waals surface area contributed by atoms with Gasteiger partial charge in [0.05, 0.1) is 30.1 Å². The van der Waals surface area contributed by atoms with E-state index >= 15 is 4.79 Å². The quantitative estimate of drug-likeness (QED) is 0.00965. The van der Waals surface area contributed by atoms with Gasteiger partial charge in [-0.1, -0.05) is 58.0 Å². The minimum absolute atomic E-state index is 0.0241. The third-order valence-corrected chi connectivity index (χ3v) is 17.9. The van der Waals surface area contributed by atoms with Crippen molar-refractivity contribution in [3.8, 4) is 0 Å². The number of aliphatic imine (C=N–C) groups is 1. The summed E-state index contributed by atoms with van der Waals surface area (Å²) in [5, 5.41) is 74.5. The second kappa shape index (κ2) is 46.9. The van der Waals surface area contributed by atoms with E-state index in [2.05, 4.69) is 70.8 Å². The van der Waals surface area contributed by atoms with Gasteiger partial charge in [-0.15, -0.1) is 0 Å². The first-order valence-electron chi connectivity index (χ1n) is 34.9. The fourth-order valence-electron chi connectivity index (χ4n) is 10.5. The van der Waals surface area contributed by atoms with E-state index in [9.17, 15) is 92.7 Å². The zero-order chi connectivity index (χ0) is 80.3. The number of nitrogens with two attached hydrogens (primary N) is 4. The Kier molecular flexibility index (Phi) is 41.2. The molecule has 0 aliphatic carbocycles. The number of unbranched alkanes of at least 4 members (excludes halogenated alkanes) is 1. The van der Waals surface area contributed by atoms with E-state index < -0.39 is 210 Å². The molecule has 1 aliphatic rings. The van der Waals surface area contributed by atoms with Crippen molar-refractivity contribution in [2.75, 3.05) is 43.5 Å². The first-order chi connectivity index (χ1) is 49.6. The van der Waals surface area contributed by atoms with Gasteiger partial charge in [-0.3, -0.25) is 72.1 Å². The van der Waals surface area contributed by atoms with Crippen LogP contribution in [0, 0.1) is 17.3 Å². The Morgan fingerprint density at radius 2 is 1.12 bits per heavy atom. The zero-order valence-corrected chi connectivity index (χ0v) is 63.1. The average Bonchev–Trinajstić information content (AvgIpc) is 1.61. The zero-order valence-electron chi connectivity index (χ0n) is 61.4. The lowest BCUT2D eigenvalue weighted by Gasteiger charge is -2.31. The van der Waals surface area contributed by atoms with Gasteiger partial charge in [-0.25, -0.2) is 4.79 Å². The lowest BCUT2D eigenvalue weighted by molar-refractivity contribution is -0.152. The molecule has 1 heterocycles. The first-order valence-corrected chi connectivity index (χ1v) is 36.7. The molecular formula is C67H110N16O21S2. The van der Waals surface area contributed by atoms with E-state index in [1.54, 1.807) is 78.8 Å². The fourth-order valence-corrected chi connectivity index (χ4v) is 11.6. The monoisotopic (exact) mass is 1540 g/mol. The van der Waals surface area contributed by atoms with E-state index in [4.69, 9.17) is 27.7 Å². The largest absolute Gasteiger partial charge is 0.481 e. The van der Waals surface area contributed by atoms with Gasteiger partial charge < -0.3 is 111 Å². The molecule has 1 fully saturated rings. The van der Waals surface area contributed by atoms with Crippen LogP contribution in [-0.2, 0) is 83.1 Å². The van der Waals surface area contributed by atoms with Crippen molar-refractivity contribution in [1.29, 1.82) is 0 Å². The number of aliphatic carboxylic acids is 3. The molecule has 0 radical (unpaired) electrons. The molecular weight excluding hydrogens is 1430 g/mol. The lowest BCUT2D eigenvalue weighted by Crippen LogP contribution is -2.62. The number of hydrogen-bond donors (Lipinski definition) is 20. The van der Waals surface area contributed by atoms with Crippen molar-refractivity contribution in [2.24, 2.45) is 45.2 Å². The number of aliphatic hydroxyl groups is 2. The van der Waals surface area contributed by atoms with Crippen molar-refractivity contribution in [1.82, 2.24) is 58.1 Å². The van der Waals surface area contributed by atoms with Gasteiger partial charge in [-0.2, -0.15) is 24.4 Å². The molecule has 1 aromatic carbocycles. The van der Waals surface area contributed by atoms with Crippen molar-refractivity contribution in [3.63, 3.8) is 0 Å². The van der Waals surface area contributed by atoms with Crippen LogP contribution in [0.5, 0.6) is 0 Å². The molecule has 0 unspecified atom stereocenters. The predicted octanol–water partition coefficient (Wildman–Crippen LogP) is -4.28. The van der Waals surface area contributed by atoms with Gasteiger partial charge >= 0.3 is 23.9 Å². The number of carbonyl (C=O) groups excluding carboxylic acids is 12. The highest BCUT2D eigenvalue weighted by atomic mass is 32.2. The number of thiol groups is 1. The SMILES string of the molecule is CC(C)C[C@H](NC(=O)[C@H](Cc1ccccc1)NC(=O)[C@H](CS)NC(=O)[C@H](CC(=O)O)NC(=O)[C@@H](N)C(C)C)C(=O)N[C@@H](CSCCOC(=O)C(C)(C)C)C(=O)N[C@@H](CCCN=C(N)N)C(=O)N1CCC[C@H]1C(=O)N[C@H](C(=O)N[C@@H](CCC(=O)O)C(=O)N[C@@H](CCCCN)C(=O)N[C@H](C(=O)O)[C@@H](C)O)[C@@H](C)O. The van der Waals surface area contributed by atoms with Crippen LogP contribution in [0.1, 0.15) is 139 Å². The Morgan fingerprint density at radius 1 is 0.613 bits per heavy atom. The van der Waals surface area contributed by atoms with Gasteiger partial charge in [0, 0.05) is 43.2 Å². The minimum atomic E-state index is -1.91. The third kappa shape index (κ3) is 33.7. The number of hydrogen-bond acceptors (Lipinski definition) is 23. The maximum atomic E-state index is 15.0. The Morgan fingerprint density at radius 3 is 1.68 bits per heavy atom. The number of esters is 1. The Balaban J connectivity index is 2.64. The van der Waals surface area contributed by atoms with Crippen LogP contribution in [0.25, 0.3) is 0 Å². The van der Waals surface area contributed by atoms with Gasteiger partial charge in [0.2, 0.25) is 65.0 Å². The number of likely N-dealkylation sites (tertiary alicyclic amines) is 1. The molecule has 596 valence electrons. The molecule has 37 nitrogen and oxygen atoms in total. The van der Waals surface area contributed by atoms with Crippen LogP contribution >= 0.6 is 24.4 Å². The van der Waals surface area contributed by atoms with E-state index in [-0.39, 0.29) is 101 Å². The third-order valence-electron chi connectivity index (χ3n) is 16.5. The molecule has 14 atom stereocenters. The smallest absolute Gasteiger partial charge is 0.328 e. The summed E-state index contributed by atoms with van der Waals surface area (Å²) in [6, 6.07) is -10.5. The molecule has 0 aromatic heterocycles. The van der Waals surface area contributed by atoms with E-state index in [0.29, 0.717) is 12.0 Å². The highest BCUT2D eigenvalue weighted by molar-refractivity contribution is 7.99. The Hall–Kier alpha value is -8.92. The molecule has 0 saturated carbocycles. The number of nitrogens with one attached hydrogen (secondary N) is 10. The van der Waals surface area contributed by atoms with Gasteiger partial charge in [0.1, 0.15) is 67.0 Å². The Bertz CT molecular complexity index is 3180. The van der Waals surface area contributed by atoms with Crippen molar-refractivity contribution in [3.05, 3.63) is 35.9 Å². The van der Waals surface area contributed by atoms with E-state index in [0.717, 1.165) is 30.5 Å². The summed E-state index contributed by atoms with van der Waals surface area (Å²) in [6.07, 6.45) is -5.46. The number of aliphatic hydroxyl groups excluding tert-OH is 2. The number of amides is 11. The molecule has 1 aliphatic heterocycles. The second-order valence-corrected chi connectivity index (χ2v) is 29.0. The summed E-state index contributed by atoms with van der Waals surface area (Å²) in [7, 11) is 0. The molecule has 0 spiro atoms. The van der Waals surface area contributed by atoms with Crippen LogP contribution in [0.15, 0.2) is 35.3 Å². The maximum Gasteiger partial charge on any atom is 0.328 e. The van der Waals surface area contributed by atoms with Crippen LogP contribution < -0.4 is 76.1 Å². The molecule has 39 heteroatoms. The van der Waals surface area contributed by atoms with E-state index in [1.807, 2.05) is 0 Å². The van der Waals surface area contributed by atoms with Crippen molar-refractivity contribution < 1.29 is 102 Å². The number of ether oxygens (including phenoxy) is 1. The highest BCUT2D eigenvalue weighted by Gasteiger charge is 2.42. The normalized spacial score (nSPS) is 16.5. The topological polar surface area (TPSA) is 606 Å².